The van der Waals surface area contributed by atoms with Gasteiger partial charge in [0.2, 0.25) is 0 Å². The minimum atomic E-state index is -4.67. The smallest absolute Gasteiger partial charge is 0.422 e. The largest absolute Gasteiger partial charge is 0.482 e. The third kappa shape index (κ3) is 5.68. The Hall–Kier alpha value is -2.42. The lowest BCUT2D eigenvalue weighted by Crippen LogP contribution is -2.21. The first-order valence-corrected chi connectivity index (χ1v) is 10.2. The average molecular weight is 481 g/mol. The SMILES string of the molecule is O=C(O)C(c1cc(Cl)c(OCC(F)(F)F)c(-c2ccc(C(F)(F)F)cc2)c1)C1CCCC1. The molecule has 3 rings (SSSR count). The number of aliphatic carboxylic acids is 1. The Morgan fingerprint density at radius 1 is 1.06 bits per heavy atom. The lowest BCUT2D eigenvalue weighted by molar-refractivity contribution is -0.153. The van der Waals surface area contributed by atoms with Crippen LogP contribution in [-0.2, 0) is 11.0 Å². The molecule has 0 radical (unpaired) electrons. The molecule has 1 N–H and O–H groups in total. The van der Waals surface area contributed by atoms with Crippen LogP contribution >= 0.6 is 11.6 Å². The van der Waals surface area contributed by atoms with Crippen LogP contribution < -0.4 is 4.74 Å². The van der Waals surface area contributed by atoms with Gasteiger partial charge in [0.25, 0.3) is 0 Å². The molecule has 32 heavy (non-hydrogen) atoms. The van der Waals surface area contributed by atoms with E-state index in [9.17, 15) is 36.2 Å². The monoisotopic (exact) mass is 480 g/mol. The zero-order chi connectivity index (χ0) is 23.7. The highest BCUT2D eigenvalue weighted by Crippen LogP contribution is 2.44. The quantitative estimate of drug-likeness (QED) is 0.440. The molecule has 0 aliphatic heterocycles. The summed E-state index contributed by atoms with van der Waals surface area (Å²) in [6, 6.07) is 6.35. The van der Waals surface area contributed by atoms with Gasteiger partial charge in [-0.15, -0.1) is 0 Å². The topological polar surface area (TPSA) is 46.5 Å². The first-order chi connectivity index (χ1) is 14.9. The predicted octanol–water partition coefficient (Wildman–Crippen LogP) is 7.33. The van der Waals surface area contributed by atoms with E-state index in [1.807, 2.05) is 0 Å². The maximum absolute atomic E-state index is 12.9. The normalized spacial score (nSPS) is 16.2. The van der Waals surface area contributed by atoms with E-state index in [4.69, 9.17) is 16.3 Å². The van der Waals surface area contributed by atoms with E-state index >= 15 is 0 Å². The van der Waals surface area contributed by atoms with Crippen LogP contribution in [0.15, 0.2) is 36.4 Å². The fraction of sp³-hybridized carbons (Fsp3) is 0.409. The van der Waals surface area contributed by atoms with Gasteiger partial charge in [-0.2, -0.15) is 26.3 Å². The molecule has 0 saturated heterocycles. The van der Waals surface area contributed by atoms with Crippen LogP contribution in [0.4, 0.5) is 26.3 Å². The van der Waals surface area contributed by atoms with E-state index in [0.29, 0.717) is 12.8 Å². The zero-order valence-electron chi connectivity index (χ0n) is 16.6. The van der Waals surface area contributed by atoms with Crippen molar-refractivity contribution >= 4 is 17.6 Å². The second kappa shape index (κ2) is 9.21. The number of benzene rings is 2. The summed E-state index contributed by atoms with van der Waals surface area (Å²) in [7, 11) is 0. The van der Waals surface area contributed by atoms with Crippen LogP contribution in [0.25, 0.3) is 11.1 Å². The molecule has 3 nitrogen and oxygen atoms in total. The van der Waals surface area contributed by atoms with Crippen LogP contribution in [0, 0.1) is 5.92 Å². The highest BCUT2D eigenvalue weighted by Gasteiger charge is 2.35. The number of carbonyl (C=O) groups is 1. The Balaban J connectivity index is 2.11. The Labute approximate surface area is 184 Å². The molecule has 2 aromatic rings. The fourth-order valence-electron chi connectivity index (χ4n) is 4.05. The number of carboxylic acids is 1. The third-order valence-electron chi connectivity index (χ3n) is 5.47. The van der Waals surface area contributed by atoms with Crippen molar-refractivity contribution < 1.29 is 41.0 Å². The molecule has 1 unspecified atom stereocenters. The minimum absolute atomic E-state index is 0.00489. The summed E-state index contributed by atoms with van der Waals surface area (Å²) in [4.78, 5) is 12.0. The summed E-state index contributed by atoms with van der Waals surface area (Å²) in [6.45, 7) is -1.66. The van der Waals surface area contributed by atoms with Crippen molar-refractivity contribution in [3.63, 3.8) is 0 Å². The number of carboxylic acid groups (broad SMARTS) is 1. The van der Waals surface area contributed by atoms with Crippen molar-refractivity contribution in [3.8, 4) is 16.9 Å². The Morgan fingerprint density at radius 2 is 1.66 bits per heavy atom. The second-order valence-electron chi connectivity index (χ2n) is 7.72. The van der Waals surface area contributed by atoms with Gasteiger partial charge in [0, 0.05) is 5.56 Å². The van der Waals surface area contributed by atoms with Crippen molar-refractivity contribution in [1.82, 2.24) is 0 Å². The fourth-order valence-corrected chi connectivity index (χ4v) is 4.34. The van der Waals surface area contributed by atoms with Crippen LogP contribution in [0.1, 0.15) is 42.7 Å². The van der Waals surface area contributed by atoms with Gasteiger partial charge in [-0.25, -0.2) is 0 Å². The van der Waals surface area contributed by atoms with Crippen molar-refractivity contribution in [3.05, 3.63) is 52.5 Å². The molecule has 1 fully saturated rings. The van der Waals surface area contributed by atoms with Gasteiger partial charge in [0.15, 0.2) is 6.61 Å². The molecule has 0 heterocycles. The van der Waals surface area contributed by atoms with E-state index in [1.54, 1.807) is 0 Å². The van der Waals surface area contributed by atoms with Crippen LogP contribution in [0.3, 0.4) is 0 Å². The summed E-state index contributed by atoms with van der Waals surface area (Å²) in [5.74, 6) is -2.59. The molecule has 10 heteroatoms. The molecule has 1 atom stereocenters. The minimum Gasteiger partial charge on any atom is -0.482 e. The number of hydrogen-bond donors (Lipinski definition) is 1. The molecular weight excluding hydrogens is 462 g/mol. The molecule has 0 amide bonds. The molecule has 2 aromatic carbocycles. The Kier molecular flexibility index (Phi) is 6.97. The molecule has 1 aliphatic rings. The van der Waals surface area contributed by atoms with Crippen LogP contribution in [0.5, 0.6) is 5.75 Å². The van der Waals surface area contributed by atoms with E-state index in [-0.39, 0.29) is 33.4 Å². The van der Waals surface area contributed by atoms with Gasteiger partial charge in [-0.1, -0.05) is 36.6 Å². The lowest BCUT2D eigenvalue weighted by Gasteiger charge is -2.23. The van der Waals surface area contributed by atoms with Gasteiger partial charge < -0.3 is 9.84 Å². The highest BCUT2D eigenvalue weighted by atomic mass is 35.5. The molecular formula is C22H19ClF6O3. The Morgan fingerprint density at radius 3 is 2.16 bits per heavy atom. The van der Waals surface area contributed by atoms with Crippen molar-refractivity contribution in [1.29, 1.82) is 0 Å². The van der Waals surface area contributed by atoms with Gasteiger partial charge in [0.1, 0.15) is 5.75 Å². The number of halogens is 7. The van der Waals surface area contributed by atoms with Crippen molar-refractivity contribution in [2.24, 2.45) is 5.92 Å². The summed E-state index contributed by atoms with van der Waals surface area (Å²) in [5.41, 5.74) is -0.552. The van der Waals surface area contributed by atoms with Crippen LogP contribution in [-0.4, -0.2) is 23.9 Å². The Bertz CT molecular complexity index is 963. The molecule has 0 spiro atoms. The van der Waals surface area contributed by atoms with E-state index < -0.39 is 36.4 Å². The molecule has 0 aromatic heterocycles. The van der Waals surface area contributed by atoms with E-state index in [2.05, 4.69) is 0 Å². The van der Waals surface area contributed by atoms with Crippen LogP contribution in [0.2, 0.25) is 5.02 Å². The maximum Gasteiger partial charge on any atom is 0.422 e. The number of alkyl halides is 6. The molecule has 1 saturated carbocycles. The second-order valence-corrected chi connectivity index (χ2v) is 8.13. The molecule has 1 aliphatic carbocycles. The predicted molar refractivity (Wildman–Crippen MR) is 106 cm³/mol. The van der Waals surface area contributed by atoms with Crippen molar-refractivity contribution in [2.45, 2.75) is 44.0 Å². The first-order valence-electron chi connectivity index (χ1n) is 9.80. The summed E-state index contributed by atoms with van der Waals surface area (Å²) < 4.78 is 81.8. The van der Waals surface area contributed by atoms with Gasteiger partial charge in [0.05, 0.1) is 16.5 Å². The summed E-state index contributed by atoms with van der Waals surface area (Å²) >= 11 is 6.21. The van der Waals surface area contributed by atoms with Gasteiger partial charge in [-0.05, 0) is 54.2 Å². The summed E-state index contributed by atoms with van der Waals surface area (Å²) in [6.07, 6.45) is -6.19. The number of rotatable bonds is 6. The maximum atomic E-state index is 12.9. The number of ether oxygens (including phenoxy) is 1. The average Bonchev–Trinajstić information content (AvgIpc) is 3.19. The van der Waals surface area contributed by atoms with Gasteiger partial charge in [-0.3, -0.25) is 4.79 Å². The molecule has 174 valence electrons. The van der Waals surface area contributed by atoms with E-state index in [0.717, 1.165) is 37.1 Å². The van der Waals surface area contributed by atoms with Crippen molar-refractivity contribution in [2.75, 3.05) is 6.61 Å². The van der Waals surface area contributed by atoms with Gasteiger partial charge >= 0.3 is 18.3 Å². The first kappa shape index (κ1) is 24.2. The third-order valence-corrected chi connectivity index (χ3v) is 5.75. The zero-order valence-corrected chi connectivity index (χ0v) is 17.3. The van der Waals surface area contributed by atoms with E-state index in [1.165, 1.54) is 12.1 Å². The highest BCUT2D eigenvalue weighted by molar-refractivity contribution is 6.32. The lowest BCUT2D eigenvalue weighted by atomic mass is 9.83. The summed E-state index contributed by atoms with van der Waals surface area (Å²) in [5, 5.41) is 9.55. The standard InChI is InChI=1S/C22H19ClF6O3/c23-17-10-14(18(20(30)31)13-3-1-2-4-13)9-16(19(17)32-11-21(24,25)26)12-5-7-15(8-6-12)22(27,28)29/h5-10,13,18H,1-4,11H2,(H,30,31). The number of hydrogen-bond acceptors (Lipinski definition) is 2. The molecule has 0 bridgehead atoms.